The zero-order valence-corrected chi connectivity index (χ0v) is 21.0. The van der Waals surface area contributed by atoms with Gasteiger partial charge in [0, 0.05) is 25.0 Å². The van der Waals surface area contributed by atoms with Crippen molar-refractivity contribution in [1.82, 2.24) is 14.3 Å². The van der Waals surface area contributed by atoms with E-state index in [9.17, 15) is 21.6 Å². The van der Waals surface area contributed by atoms with Crippen molar-refractivity contribution in [3.63, 3.8) is 0 Å². The van der Waals surface area contributed by atoms with Crippen molar-refractivity contribution in [2.45, 2.75) is 62.0 Å². The van der Waals surface area contributed by atoms with Crippen LogP contribution < -0.4 is 4.90 Å². The van der Waals surface area contributed by atoms with Crippen LogP contribution >= 0.6 is 0 Å². The molecular weight excluding hydrogens is 505 g/mol. The predicted molar refractivity (Wildman–Crippen MR) is 132 cm³/mol. The van der Waals surface area contributed by atoms with Crippen molar-refractivity contribution in [3.05, 3.63) is 77.9 Å². The second kappa shape index (κ2) is 10.5. The molecule has 1 aliphatic heterocycles. The number of fused-ring (bicyclic) bond motifs is 1. The van der Waals surface area contributed by atoms with E-state index in [4.69, 9.17) is 4.74 Å². The maximum absolute atomic E-state index is 13.7. The predicted octanol–water partition coefficient (Wildman–Crippen LogP) is 4.97. The van der Waals surface area contributed by atoms with E-state index in [1.165, 1.54) is 4.31 Å². The fourth-order valence-corrected chi connectivity index (χ4v) is 6.53. The van der Waals surface area contributed by atoms with Crippen LogP contribution in [0.15, 0.2) is 66.0 Å². The number of sulfonamides is 1. The third-order valence-electron chi connectivity index (χ3n) is 7.04. The Morgan fingerprint density at radius 1 is 1.05 bits per heavy atom. The van der Waals surface area contributed by atoms with Crippen LogP contribution in [0, 0.1) is 0 Å². The van der Waals surface area contributed by atoms with Gasteiger partial charge in [-0.05, 0) is 48.7 Å². The minimum Gasteiger partial charge on any atom is -0.376 e. The van der Waals surface area contributed by atoms with Gasteiger partial charge in [0.15, 0.2) is 0 Å². The monoisotopic (exact) mass is 534 g/mol. The third-order valence-corrected chi connectivity index (χ3v) is 8.87. The van der Waals surface area contributed by atoms with E-state index in [0.717, 1.165) is 66.9 Å². The molecule has 3 aromatic rings. The van der Waals surface area contributed by atoms with E-state index in [1.807, 2.05) is 24.3 Å². The fraction of sp³-hybridized carbons (Fsp3) is 0.423. The van der Waals surface area contributed by atoms with E-state index in [-0.39, 0.29) is 30.1 Å². The van der Waals surface area contributed by atoms with Crippen molar-refractivity contribution in [2.24, 2.45) is 0 Å². The molecule has 1 fully saturated rings. The lowest BCUT2D eigenvalue weighted by molar-refractivity contribution is -0.137. The fourth-order valence-electron chi connectivity index (χ4n) is 5.07. The van der Waals surface area contributed by atoms with Crippen molar-refractivity contribution >= 4 is 15.7 Å². The number of ether oxygens (including phenoxy) is 1. The summed E-state index contributed by atoms with van der Waals surface area (Å²) in [4.78, 5) is 9.21. The van der Waals surface area contributed by atoms with Gasteiger partial charge in [-0.1, -0.05) is 31.0 Å². The minimum absolute atomic E-state index is 0.0962. The second-order valence-corrected chi connectivity index (χ2v) is 11.5. The van der Waals surface area contributed by atoms with Crippen LogP contribution in [0.5, 0.6) is 0 Å². The number of aromatic amines is 1. The van der Waals surface area contributed by atoms with Gasteiger partial charge in [0.05, 0.1) is 47.8 Å². The Balaban J connectivity index is 1.49. The molecule has 2 heterocycles. The molecule has 37 heavy (non-hydrogen) atoms. The van der Waals surface area contributed by atoms with Crippen molar-refractivity contribution in [1.29, 1.82) is 0 Å². The largest absolute Gasteiger partial charge is 0.416 e. The molecule has 0 bridgehead atoms. The van der Waals surface area contributed by atoms with Gasteiger partial charge in [0.2, 0.25) is 10.0 Å². The van der Waals surface area contributed by atoms with Crippen LogP contribution in [0.2, 0.25) is 0 Å². The quantitative estimate of drug-likeness (QED) is 0.463. The molecule has 11 heteroatoms. The summed E-state index contributed by atoms with van der Waals surface area (Å²) in [5.74, 6) is 0. The molecule has 2 aliphatic rings. The number of alkyl halides is 3. The SMILES string of the molecule is O=S(=O)(c1ccc(C(F)(F)F)cc1)N1Cc2ccccc2N(Cc2cnc[nH]2)C(COC2CCCC2)C1. The molecule has 1 atom stereocenters. The van der Waals surface area contributed by atoms with Crippen LogP contribution in [-0.4, -0.2) is 48.0 Å². The number of aromatic nitrogens is 2. The van der Waals surface area contributed by atoms with E-state index >= 15 is 0 Å². The second-order valence-electron chi connectivity index (χ2n) is 9.55. The highest BCUT2D eigenvalue weighted by atomic mass is 32.2. The average molecular weight is 535 g/mol. The smallest absolute Gasteiger partial charge is 0.376 e. The van der Waals surface area contributed by atoms with Gasteiger partial charge >= 0.3 is 6.18 Å². The number of halogens is 3. The Morgan fingerprint density at radius 2 is 1.78 bits per heavy atom. The summed E-state index contributed by atoms with van der Waals surface area (Å²) in [5, 5.41) is 0. The van der Waals surface area contributed by atoms with Crippen LogP contribution in [0.25, 0.3) is 0 Å². The van der Waals surface area contributed by atoms with Crippen molar-refractivity contribution < 1.29 is 26.3 Å². The molecule has 1 unspecified atom stereocenters. The summed E-state index contributed by atoms with van der Waals surface area (Å²) in [6.45, 7) is 1.02. The standard InChI is InChI=1S/C26H29F3N4O3S/c27-26(28,29)20-9-11-24(12-10-20)37(34,35)32-14-19-5-1-4-8-25(19)33(15-21-13-30-18-31-21)22(16-32)17-36-23-6-2-3-7-23/h1,4-5,8-13,18,22-23H,2-3,6-7,14-17H2,(H,30,31). The number of para-hydroxylation sites is 1. The van der Waals surface area contributed by atoms with Gasteiger partial charge in [-0.25, -0.2) is 13.4 Å². The molecule has 5 rings (SSSR count). The number of hydrogen-bond acceptors (Lipinski definition) is 5. The van der Waals surface area contributed by atoms with Crippen LogP contribution in [0.4, 0.5) is 18.9 Å². The summed E-state index contributed by atoms with van der Waals surface area (Å²) in [7, 11) is -4.08. The first kappa shape index (κ1) is 25.7. The van der Waals surface area contributed by atoms with Gasteiger partial charge in [-0.15, -0.1) is 0 Å². The van der Waals surface area contributed by atoms with E-state index in [2.05, 4.69) is 14.9 Å². The molecular formula is C26H29F3N4O3S. The number of benzene rings is 2. The Hall–Kier alpha value is -2.89. The molecule has 1 N–H and O–H groups in total. The zero-order chi connectivity index (χ0) is 26.0. The molecule has 2 aromatic carbocycles. The van der Waals surface area contributed by atoms with Crippen LogP contribution in [-0.2, 0) is 34.0 Å². The number of rotatable bonds is 7. The first-order chi connectivity index (χ1) is 17.7. The highest BCUT2D eigenvalue weighted by Crippen LogP contribution is 2.34. The third kappa shape index (κ3) is 5.68. The van der Waals surface area contributed by atoms with Crippen LogP contribution in [0.1, 0.15) is 42.5 Å². The number of H-pyrrole nitrogens is 1. The number of hydrogen-bond donors (Lipinski definition) is 1. The summed E-state index contributed by atoms with van der Waals surface area (Å²) in [6.07, 6.45) is 3.14. The molecule has 198 valence electrons. The van der Waals surface area contributed by atoms with Gasteiger partial charge < -0.3 is 14.6 Å². The topological polar surface area (TPSA) is 78.5 Å². The van der Waals surface area contributed by atoms with E-state index < -0.39 is 21.8 Å². The molecule has 7 nitrogen and oxygen atoms in total. The molecule has 1 aromatic heterocycles. The van der Waals surface area contributed by atoms with Gasteiger partial charge in [0.25, 0.3) is 0 Å². The Bertz CT molecular complexity index is 1290. The molecule has 1 saturated carbocycles. The number of nitrogens with zero attached hydrogens (tertiary/aromatic N) is 3. The highest BCUT2D eigenvalue weighted by Gasteiger charge is 2.36. The molecule has 1 aliphatic carbocycles. The number of nitrogens with one attached hydrogen (secondary N) is 1. The summed E-state index contributed by atoms with van der Waals surface area (Å²) in [5.41, 5.74) is 1.68. The zero-order valence-electron chi connectivity index (χ0n) is 20.2. The molecule has 0 radical (unpaired) electrons. The first-order valence-corrected chi connectivity index (χ1v) is 13.8. The van der Waals surface area contributed by atoms with Gasteiger partial charge in [-0.3, -0.25) is 0 Å². The van der Waals surface area contributed by atoms with Gasteiger partial charge in [-0.2, -0.15) is 17.5 Å². The number of imidazole rings is 1. The number of anilines is 1. The first-order valence-electron chi connectivity index (χ1n) is 12.3. The lowest BCUT2D eigenvalue weighted by Gasteiger charge is -2.34. The lowest BCUT2D eigenvalue weighted by Crippen LogP contribution is -2.46. The summed E-state index contributed by atoms with van der Waals surface area (Å²) < 4.78 is 74.2. The van der Waals surface area contributed by atoms with Crippen molar-refractivity contribution in [3.8, 4) is 0 Å². The molecule has 0 saturated heterocycles. The normalized spacial score (nSPS) is 19.6. The minimum atomic E-state index is -4.54. The maximum atomic E-state index is 13.7. The molecule has 0 spiro atoms. The van der Waals surface area contributed by atoms with Gasteiger partial charge in [0.1, 0.15) is 0 Å². The molecule has 0 amide bonds. The Kier molecular flexibility index (Phi) is 7.28. The van der Waals surface area contributed by atoms with E-state index in [1.54, 1.807) is 12.5 Å². The lowest BCUT2D eigenvalue weighted by atomic mass is 10.1. The summed E-state index contributed by atoms with van der Waals surface area (Å²) in [6, 6.07) is 11.0. The Morgan fingerprint density at radius 3 is 2.46 bits per heavy atom. The average Bonchev–Trinajstić information content (AvgIpc) is 3.56. The maximum Gasteiger partial charge on any atom is 0.416 e. The Labute approximate surface area is 214 Å². The van der Waals surface area contributed by atoms with Crippen LogP contribution in [0.3, 0.4) is 0 Å². The highest BCUT2D eigenvalue weighted by molar-refractivity contribution is 7.89. The summed E-state index contributed by atoms with van der Waals surface area (Å²) >= 11 is 0. The van der Waals surface area contributed by atoms with Crippen molar-refractivity contribution in [2.75, 3.05) is 18.1 Å². The van der Waals surface area contributed by atoms with E-state index in [0.29, 0.717) is 13.2 Å².